The predicted molar refractivity (Wildman–Crippen MR) is 82.2 cm³/mol. The Kier molecular flexibility index (Phi) is 5.72. The molecule has 0 amide bonds. The maximum atomic E-state index is 11.7. The van der Waals surface area contributed by atoms with Gasteiger partial charge in [-0.25, -0.2) is 0 Å². The zero-order chi connectivity index (χ0) is 15.6. The van der Waals surface area contributed by atoms with E-state index >= 15 is 0 Å². The Balaban J connectivity index is 2.58. The van der Waals surface area contributed by atoms with E-state index in [4.69, 9.17) is 13.9 Å². The van der Waals surface area contributed by atoms with Crippen molar-refractivity contribution in [2.24, 2.45) is 0 Å². The fraction of sp³-hybridized carbons (Fsp3) is 0.800. The molecule has 0 unspecified atom stereocenters. The van der Waals surface area contributed by atoms with Crippen molar-refractivity contribution in [1.29, 1.82) is 0 Å². The van der Waals surface area contributed by atoms with Gasteiger partial charge in [0.05, 0.1) is 12.7 Å². The molecule has 1 aliphatic rings. The van der Waals surface area contributed by atoms with Gasteiger partial charge in [-0.2, -0.15) is 0 Å². The van der Waals surface area contributed by atoms with Crippen molar-refractivity contribution in [3.63, 3.8) is 0 Å². The molecule has 20 heavy (non-hydrogen) atoms. The molecule has 0 saturated carbocycles. The Bertz CT molecular complexity index is 369. The molecule has 0 aromatic heterocycles. The van der Waals surface area contributed by atoms with Crippen LogP contribution in [0.1, 0.15) is 34.6 Å². The van der Waals surface area contributed by atoms with Gasteiger partial charge < -0.3 is 13.9 Å². The maximum Gasteiger partial charge on any atom is 0.222 e. The van der Waals surface area contributed by atoms with Crippen LogP contribution in [0.15, 0.2) is 12.2 Å². The summed E-state index contributed by atoms with van der Waals surface area (Å²) in [6.45, 7) is 15.2. The van der Waals surface area contributed by atoms with Crippen molar-refractivity contribution in [3.05, 3.63) is 12.2 Å². The summed E-state index contributed by atoms with van der Waals surface area (Å²) in [4.78, 5) is 11.7. The van der Waals surface area contributed by atoms with E-state index in [9.17, 15) is 4.79 Å². The molecule has 0 aromatic rings. The molecular formula is C15H28O4Si. The minimum absolute atomic E-state index is 0.0441. The lowest BCUT2D eigenvalue weighted by atomic mass is 10.2. The van der Waals surface area contributed by atoms with E-state index < -0.39 is 14.6 Å². The second-order valence-electron chi connectivity index (χ2n) is 7.02. The van der Waals surface area contributed by atoms with Gasteiger partial charge in [-0.3, -0.25) is 4.79 Å². The smallest absolute Gasteiger partial charge is 0.222 e. The van der Waals surface area contributed by atoms with Gasteiger partial charge in [0.1, 0.15) is 6.10 Å². The summed E-state index contributed by atoms with van der Waals surface area (Å²) in [5, 5.41) is 0.162. The van der Waals surface area contributed by atoms with Gasteiger partial charge in [0.25, 0.3) is 0 Å². The zero-order valence-electron chi connectivity index (χ0n) is 13.7. The molecular weight excluding hydrogens is 272 g/mol. The van der Waals surface area contributed by atoms with Crippen LogP contribution in [0.4, 0.5) is 0 Å². The second-order valence-corrected chi connectivity index (χ2v) is 11.8. The topological polar surface area (TPSA) is 44.8 Å². The third-order valence-electron chi connectivity index (χ3n) is 3.82. The summed E-state index contributed by atoms with van der Waals surface area (Å²) in [5.74, 6) is -0.137. The molecule has 1 rings (SSSR count). The van der Waals surface area contributed by atoms with Crippen molar-refractivity contribution in [3.8, 4) is 0 Å². The highest BCUT2D eigenvalue weighted by atomic mass is 28.4. The fourth-order valence-electron chi connectivity index (χ4n) is 1.50. The minimum Gasteiger partial charge on any atom is -0.414 e. The third-order valence-corrected chi connectivity index (χ3v) is 8.32. The Labute approximate surface area is 123 Å². The quantitative estimate of drug-likeness (QED) is 0.731. The Morgan fingerprint density at radius 3 is 2.45 bits per heavy atom. The van der Waals surface area contributed by atoms with Gasteiger partial charge in [-0.05, 0) is 44.1 Å². The molecule has 116 valence electrons. The number of hydrogen-bond acceptors (Lipinski definition) is 4. The van der Waals surface area contributed by atoms with E-state index in [2.05, 4.69) is 33.9 Å². The van der Waals surface area contributed by atoms with Crippen LogP contribution >= 0.6 is 0 Å². The molecule has 0 fully saturated rings. The van der Waals surface area contributed by atoms with E-state index in [0.717, 1.165) is 0 Å². The lowest BCUT2D eigenvalue weighted by Crippen LogP contribution is -2.44. The first-order valence-electron chi connectivity index (χ1n) is 7.20. The van der Waals surface area contributed by atoms with Gasteiger partial charge in [0.15, 0.2) is 8.32 Å². The fourth-order valence-corrected chi connectivity index (χ4v) is 2.51. The Morgan fingerprint density at radius 2 is 1.95 bits per heavy atom. The number of ether oxygens (including phenoxy) is 2. The van der Waals surface area contributed by atoms with Gasteiger partial charge in [-0.1, -0.05) is 20.8 Å². The van der Waals surface area contributed by atoms with E-state index in [1.54, 1.807) is 6.08 Å². The molecule has 4 nitrogen and oxygen atoms in total. The maximum absolute atomic E-state index is 11.7. The average Bonchev–Trinajstić information content (AvgIpc) is 2.28. The monoisotopic (exact) mass is 300 g/mol. The van der Waals surface area contributed by atoms with Crippen LogP contribution in [0.3, 0.4) is 0 Å². The number of carbonyl (C=O) groups is 1. The van der Waals surface area contributed by atoms with Crippen LogP contribution in [-0.4, -0.2) is 39.2 Å². The van der Waals surface area contributed by atoms with Crippen molar-refractivity contribution in [1.82, 2.24) is 0 Å². The summed E-state index contributed by atoms with van der Waals surface area (Å²) in [6, 6.07) is 0. The molecule has 0 aromatic carbocycles. The van der Waals surface area contributed by atoms with Crippen molar-refractivity contribution < 1.29 is 18.7 Å². The molecule has 0 radical (unpaired) electrons. The normalized spacial score (nSPS) is 24.5. The molecule has 1 aliphatic heterocycles. The van der Waals surface area contributed by atoms with Crippen molar-refractivity contribution >= 4 is 14.1 Å². The summed E-state index contributed by atoms with van der Waals surface area (Å²) in [7, 11) is -1.80. The van der Waals surface area contributed by atoms with E-state index in [-0.39, 0.29) is 23.0 Å². The number of carbonyl (C=O) groups excluding carboxylic acids is 1. The second kappa shape index (κ2) is 6.51. The Morgan fingerprint density at radius 1 is 1.35 bits per heavy atom. The zero-order valence-corrected chi connectivity index (χ0v) is 14.7. The Hall–Kier alpha value is -0.493. The van der Waals surface area contributed by atoms with E-state index in [0.29, 0.717) is 6.61 Å². The van der Waals surface area contributed by atoms with Crippen LogP contribution in [-0.2, 0) is 18.7 Å². The van der Waals surface area contributed by atoms with Gasteiger partial charge in [-0.15, -0.1) is 0 Å². The highest BCUT2D eigenvalue weighted by Crippen LogP contribution is 2.36. The lowest BCUT2D eigenvalue weighted by Gasteiger charge is -2.37. The molecule has 0 aliphatic carbocycles. The van der Waals surface area contributed by atoms with Crippen LogP contribution in [0.25, 0.3) is 0 Å². The summed E-state index contributed by atoms with van der Waals surface area (Å²) < 4.78 is 17.2. The van der Waals surface area contributed by atoms with Crippen LogP contribution in [0, 0.1) is 0 Å². The molecule has 5 heteroatoms. The molecule has 0 N–H and O–H groups in total. The number of ketones is 1. The third kappa shape index (κ3) is 4.81. The lowest BCUT2D eigenvalue weighted by molar-refractivity contribution is -0.191. The van der Waals surface area contributed by atoms with Gasteiger partial charge >= 0.3 is 0 Å². The predicted octanol–water partition coefficient (Wildman–Crippen LogP) is 3.28. The van der Waals surface area contributed by atoms with Gasteiger partial charge in [0, 0.05) is 0 Å². The highest BCUT2D eigenvalue weighted by Gasteiger charge is 2.38. The standard InChI is InChI=1S/C15H28O4Si/c1-11(2)18-14-13(16)9-8-12(19-14)10-17-20(6,7)15(3,4)5/h8-9,11-12,14H,10H2,1-7H3/t12-,14-/m0/s1. The van der Waals surface area contributed by atoms with Crippen LogP contribution in [0.2, 0.25) is 18.1 Å². The summed E-state index contributed by atoms with van der Waals surface area (Å²) in [6.07, 6.45) is 2.24. The first kappa shape index (κ1) is 17.6. The average molecular weight is 300 g/mol. The van der Waals surface area contributed by atoms with Gasteiger partial charge in [0.2, 0.25) is 12.1 Å². The van der Waals surface area contributed by atoms with Crippen LogP contribution in [0.5, 0.6) is 0 Å². The molecule has 0 spiro atoms. The SMILES string of the molecule is CC(C)O[C@H]1O[C@H](CO[Si](C)(C)C(C)(C)C)C=CC1=O. The minimum atomic E-state index is -1.80. The molecule has 0 saturated heterocycles. The van der Waals surface area contributed by atoms with Crippen molar-refractivity contribution in [2.75, 3.05) is 6.61 Å². The van der Waals surface area contributed by atoms with Crippen molar-refractivity contribution in [2.45, 2.75) is 71.2 Å². The summed E-state index contributed by atoms with van der Waals surface area (Å²) in [5.41, 5.74) is 0. The largest absolute Gasteiger partial charge is 0.414 e. The van der Waals surface area contributed by atoms with E-state index in [1.807, 2.05) is 13.8 Å². The van der Waals surface area contributed by atoms with Crippen LogP contribution < -0.4 is 0 Å². The number of hydrogen-bond donors (Lipinski definition) is 0. The number of rotatable bonds is 5. The highest BCUT2D eigenvalue weighted by molar-refractivity contribution is 6.74. The molecule has 1 heterocycles. The van der Waals surface area contributed by atoms with E-state index in [1.165, 1.54) is 6.08 Å². The first-order chi connectivity index (χ1) is 9.03. The molecule has 0 bridgehead atoms. The first-order valence-corrected chi connectivity index (χ1v) is 10.1. The molecule has 2 atom stereocenters. The summed E-state index contributed by atoms with van der Waals surface area (Å²) >= 11 is 0.